The molecular formula is C39H51N5O9. The average Bonchev–Trinajstić information content (AvgIpc) is 3.40. The van der Waals surface area contributed by atoms with E-state index in [0.29, 0.717) is 49.6 Å². The number of aliphatic imine (C=N–C) groups is 2. The van der Waals surface area contributed by atoms with E-state index in [1.165, 1.54) is 0 Å². The summed E-state index contributed by atoms with van der Waals surface area (Å²) in [5.41, 5.74) is -0.126. The van der Waals surface area contributed by atoms with Crippen LogP contribution in [0.4, 0.5) is 0 Å². The molecule has 7 rings (SSSR count). The molecular weight excluding hydrogens is 682 g/mol. The van der Waals surface area contributed by atoms with Gasteiger partial charge in [0.2, 0.25) is 5.91 Å². The third kappa shape index (κ3) is 7.08. The first-order valence-corrected chi connectivity index (χ1v) is 18.6. The van der Waals surface area contributed by atoms with E-state index in [1.54, 1.807) is 23.3 Å². The predicted octanol–water partition coefficient (Wildman–Crippen LogP) is 2.24. The number of fused-ring (bicyclic) bond motifs is 2. The lowest BCUT2D eigenvalue weighted by atomic mass is 9.44. The number of esters is 1. The molecule has 7 aliphatic rings. The number of carbonyl (C=O) groups excluding carboxylic acids is 5. The number of Topliss-reactive ketones (excluding diaryl/α,β-unsaturated/α-hetero) is 1. The number of likely N-dealkylation sites (N-methyl/N-ethyl adjacent to an activating group) is 1. The zero-order valence-electron chi connectivity index (χ0n) is 31.1. The van der Waals surface area contributed by atoms with E-state index in [-0.39, 0.29) is 65.9 Å². The maximum atomic E-state index is 13.7. The van der Waals surface area contributed by atoms with Crippen molar-refractivity contribution in [2.75, 3.05) is 26.8 Å². The number of epoxide rings is 1. The summed E-state index contributed by atoms with van der Waals surface area (Å²) in [7, 11) is 1.95. The Balaban J connectivity index is 0.00000155. The van der Waals surface area contributed by atoms with Crippen LogP contribution in [0.2, 0.25) is 0 Å². The summed E-state index contributed by atoms with van der Waals surface area (Å²) in [6, 6.07) is -1.34. The van der Waals surface area contributed by atoms with Crippen LogP contribution in [0, 0.1) is 22.7 Å². The van der Waals surface area contributed by atoms with Crippen molar-refractivity contribution in [3.05, 3.63) is 47.4 Å². The van der Waals surface area contributed by atoms with Crippen LogP contribution in [-0.2, 0) is 33.4 Å². The van der Waals surface area contributed by atoms with Gasteiger partial charge >= 0.3 is 12.1 Å². The van der Waals surface area contributed by atoms with Gasteiger partial charge in [0.15, 0.2) is 5.78 Å². The van der Waals surface area contributed by atoms with Crippen LogP contribution in [0.5, 0.6) is 0 Å². The van der Waals surface area contributed by atoms with E-state index >= 15 is 0 Å². The molecule has 0 aromatic rings. The molecule has 2 saturated carbocycles. The molecule has 53 heavy (non-hydrogen) atoms. The minimum atomic E-state index is -0.652. The number of ether oxygens (including phenoxy) is 2. The van der Waals surface area contributed by atoms with Crippen LogP contribution in [0.15, 0.2) is 57.4 Å². The molecule has 0 aromatic heterocycles. The van der Waals surface area contributed by atoms with Gasteiger partial charge in [0.1, 0.15) is 17.8 Å². The van der Waals surface area contributed by atoms with Gasteiger partial charge in [-0.15, -0.1) is 0 Å². The van der Waals surface area contributed by atoms with Crippen LogP contribution >= 0.6 is 0 Å². The maximum absolute atomic E-state index is 13.7. The Labute approximate surface area is 309 Å². The van der Waals surface area contributed by atoms with Crippen LogP contribution in [-0.4, -0.2) is 119 Å². The van der Waals surface area contributed by atoms with E-state index in [4.69, 9.17) is 19.1 Å². The molecule has 14 nitrogen and oxygen atoms in total. The van der Waals surface area contributed by atoms with E-state index < -0.39 is 29.6 Å². The van der Waals surface area contributed by atoms with E-state index in [0.717, 1.165) is 24.8 Å². The van der Waals surface area contributed by atoms with Gasteiger partial charge in [0.05, 0.1) is 55.5 Å². The number of aliphatic hydroxyl groups is 2. The van der Waals surface area contributed by atoms with Crippen LogP contribution < -0.4 is 5.32 Å². The number of nitrogens with one attached hydrogen (secondary N) is 1. The number of amides is 1. The van der Waals surface area contributed by atoms with Gasteiger partial charge in [-0.25, -0.2) is 9.79 Å². The molecule has 5 aliphatic heterocycles. The molecule has 4 fully saturated rings. The number of nitrogens with zero attached hydrogens (tertiary/aromatic N) is 4. The predicted molar refractivity (Wildman–Crippen MR) is 192 cm³/mol. The highest BCUT2D eigenvalue weighted by Gasteiger charge is 2.67. The molecule has 0 bridgehead atoms. The van der Waals surface area contributed by atoms with Gasteiger partial charge in [-0.05, 0) is 93.5 Å². The van der Waals surface area contributed by atoms with Crippen molar-refractivity contribution in [3.63, 3.8) is 0 Å². The lowest BCUT2D eigenvalue weighted by Gasteiger charge is -2.61. The molecule has 1 spiro atoms. The third-order valence-electron chi connectivity index (χ3n) is 13.1. The van der Waals surface area contributed by atoms with Crippen molar-refractivity contribution in [2.24, 2.45) is 32.7 Å². The first kappa shape index (κ1) is 38.8. The first-order chi connectivity index (χ1) is 25.2. The fourth-order valence-electron chi connectivity index (χ4n) is 10.0. The number of cyclic esters (lactones) is 1. The molecule has 2 aliphatic carbocycles. The molecule has 10 atom stereocenters. The summed E-state index contributed by atoms with van der Waals surface area (Å²) in [5.74, 6) is 0.392. The minimum Gasteiger partial charge on any atom is -0.423 e. The highest BCUT2D eigenvalue weighted by atomic mass is 16.6. The number of hydrogen-bond acceptors (Lipinski definition) is 13. The lowest BCUT2D eigenvalue weighted by molar-refractivity contribution is -0.191. The summed E-state index contributed by atoms with van der Waals surface area (Å²) in [6.45, 7) is 9.05. The summed E-state index contributed by atoms with van der Waals surface area (Å²) >= 11 is 0. The molecule has 5 heterocycles. The zero-order chi connectivity index (χ0) is 38.3. The molecule has 7 unspecified atom stereocenters. The highest BCUT2D eigenvalue weighted by Crippen LogP contribution is 2.66. The Bertz CT molecular complexity index is 1720. The standard InChI is InChI=1S/C38H51N5O7.CO2/c1-6-27-34(47)43-19-23(7-8-33(43)42(27)5)15-24-16-25(35(48)50-24)26(41-22(2)28(45)18-32-39-13-14-40-32)17-30-36(3)11-10-31(46)37(4,20-44)29(36)9-12-38(30)21-49-38;2-1-3/h7-8,13,15-16,19,22,26-27,29-31,33,41,44,46H,6,9-12,14,17-18,20-21H2,1-5H3;/b24-15+;/t22?,26?,27?,29?,30?,31-,33?,36+,37+,38?;/m1./s1. The SMILES string of the molecule is CCC1C(=O)N2C=C(/C=C3\C=C(C(CC4C5(CCC6[C@]4(C)CC[C@@H](O)[C@@]6(C)CO)CO5)NC(C)C(=O)CC4=NCC=N4)C(=O)O3)C=CC2N1C.O=C=O. The van der Waals surface area contributed by atoms with E-state index in [2.05, 4.69) is 27.1 Å². The van der Waals surface area contributed by atoms with Crippen molar-refractivity contribution in [2.45, 2.75) is 109 Å². The molecule has 2 saturated heterocycles. The monoisotopic (exact) mass is 733 g/mol. The van der Waals surface area contributed by atoms with Crippen LogP contribution in [0.1, 0.15) is 72.6 Å². The fraction of sp³-hybridized carbons (Fsp3) is 0.641. The highest BCUT2D eigenvalue weighted by molar-refractivity contribution is 6.07. The number of carbonyl (C=O) groups is 3. The third-order valence-corrected chi connectivity index (χ3v) is 13.1. The summed E-state index contributed by atoms with van der Waals surface area (Å²) < 4.78 is 12.1. The molecule has 3 N–H and O–H groups in total. The average molecular weight is 734 g/mol. The minimum absolute atomic E-state index is 0.0111. The number of hydrogen-bond donors (Lipinski definition) is 3. The van der Waals surface area contributed by atoms with Gasteiger partial charge < -0.3 is 25.0 Å². The number of rotatable bonds is 11. The quantitative estimate of drug-likeness (QED) is 0.209. The van der Waals surface area contributed by atoms with Crippen molar-refractivity contribution in [1.82, 2.24) is 15.1 Å². The second-order valence-electron chi connectivity index (χ2n) is 16.0. The van der Waals surface area contributed by atoms with Gasteiger partial charge in [-0.2, -0.15) is 9.59 Å². The van der Waals surface area contributed by atoms with Gasteiger partial charge in [0.25, 0.3) is 0 Å². The Morgan fingerprint density at radius 1 is 1.23 bits per heavy atom. The molecule has 286 valence electrons. The van der Waals surface area contributed by atoms with Crippen molar-refractivity contribution in [3.8, 4) is 0 Å². The molecule has 0 radical (unpaired) electrons. The number of allylic oxidation sites excluding steroid dienone is 4. The van der Waals surface area contributed by atoms with Gasteiger partial charge in [-0.3, -0.25) is 24.4 Å². The topological polar surface area (TPSA) is 191 Å². The zero-order valence-corrected chi connectivity index (χ0v) is 31.1. The summed E-state index contributed by atoms with van der Waals surface area (Å²) in [6.07, 6.45) is 14.7. The fourth-order valence-corrected chi connectivity index (χ4v) is 10.0. The number of ketones is 1. The number of amidine groups is 1. The Morgan fingerprint density at radius 2 is 1.96 bits per heavy atom. The second-order valence-corrected chi connectivity index (χ2v) is 16.0. The smallest absolute Gasteiger partial charge is 0.373 e. The van der Waals surface area contributed by atoms with Gasteiger partial charge in [-0.1, -0.05) is 26.8 Å². The van der Waals surface area contributed by atoms with Crippen molar-refractivity contribution >= 4 is 35.9 Å². The van der Waals surface area contributed by atoms with Crippen LogP contribution in [0.3, 0.4) is 0 Å². The summed E-state index contributed by atoms with van der Waals surface area (Å²) in [5, 5.41) is 25.2. The first-order valence-electron chi connectivity index (χ1n) is 18.6. The van der Waals surface area contributed by atoms with Gasteiger partial charge in [0, 0.05) is 23.9 Å². The van der Waals surface area contributed by atoms with E-state index in [9.17, 15) is 24.6 Å². The molecule has 0 aromatic carbocycles. The van der Waals surface area contributed by atoms with Crippen molar-refractivity contribution in [1.29, 1.82) is 0 Å². The molecule has 1 amide bonds. The molecule has 14 heteroatoms. The Kier molecular flexibility index (Phi) is 11.0. The van der Waals surface area contributed by atoms with Crippen LogP contribution in [0.25, 0.3) is 0 Å². The largest absolute Gasteiger partial charge is 0.423 e. The number of aliphatic hydroxyl groups excluding tert-OH is 2. The lowest BCUT2D eigenvalue weighted by Crippen LogP contribution is -2.61. The second kappa shape index (κ2) is 15.1. The van der Waals surface area contributed by atoms with Crippen molar-refractivity contribution < 1.29 is 43.7 Å². The Hall–Kier alpha value is -3.91. The normalized spacial score (nSPS) is 37.6. The Morgan fingerprint density at radius 3 is 2.60 bits per heavy atom. The van der Waals surface area contributed by atoms with E-state index in [1.807, 2.05) is 46.2 Å². The maximum Gasteiger partial charge on any atom is 0.373 e. The summed E-state index contributed by atoms with van der Waals surface area (Å²) in [4.78, 5) is 68.8.